The summed E-state index contributed by atoms with van der Waals surface area (Å²) in [6, 6.07) is 9.04. The Morgan fingerprint density at radius 3 is 2.56 bits per heavy atom. The molecular formula is C17H25Br. The second kappa shape index (κ2) is 5.36. The summed E-state index contributed by atoms with van der Waals surface area (Å²) in [4.78, 5) is 0.664. The molecule has 0 bridgehead atoms. The predicted octanol–water partition coefficient (Wildman–Crippen LogP) is 5.47. The van der Waals surface area contributed by atoms with Gasteiger partial charge in [0, 0.05) is 4.83 Å². The summed E-state index contributed by atoms with van der Waals surface area (Å²) < 4.78 is 0. The maximum atomic E-state index is 3.95. The molecular weight excluding hydrogens is 284 g/mol. The van der Waals surface area contributed by atoms with Crippen LogP contribution in [-0.4, -0.2) is 4.83 Å². The topological polar surface area (TPSA) is 0 Å². The molecule has 0 aromatic heterocycles. The number of hydrogen-bond acceptors (Lipinski definition) is 0. The molecule has 1 saturated carbocycles. The molecule has 1 aliphatic rings. The number of hydrogen-bond donors (Lipinski definition) is 0. The minimum atomic E-state index is 0.264. The van der Waals surface area contributed by atoms with E-state index in [0.717, 1.165) is 11.8 Å². The van der Waals surface area contributed by atoms with E-state index in [9.17, 15) is 0 Å². The van der Waals surface area contributed by atoms with Crippen LogP contribution >= 0.6 is 15.9 Å². The van der Waals surface area contributed by atoms with Gasteiger partial charge in [0.05, 0.1) is 0 Å². The van der Waals surface area contributed by atoms with Gasteiger partial charge in [-0.1, -0.05) is 73.0 Å². The van der Waals surface area contributed by atoms with E-state index < -0.39 is 0 Å². The first-order chi connectivity index (χ1) is 8.41. The molecule has 1 aromatic carbocycles. The molecule has 0 nitrogen and oxygen atoms in total. The van der Waals surface area contributed by atoms with E-state index in [1.54, 1.807) is 0 Å². The number of halogens is 1. The van der Waals surface area contributed by atoms with Gasteiger partial charge in [0.1, 0.15) is 0 Å². The molecule has 0 saturated heterocycles. The first-order valence-corrected chi connectivity index (χ1v) is 8.04. The highest BCUT2D eigenvalue weighted by Gasteiger charge is 2.38. The number of aryl methyl sites for hydroxylation is 1. The van der Waals surface area contributed by atoms with Gasteiger partial charge in [-0.05, 0) is 42.6 Å². The minimum absolute atomic E-state index is 0.264. The first-order valence-electron chi connectivity index (χ1n) is 7.12. The molecule has 0 N–H and O–H groups in total. The Hall–Kier alpha value is -0.300. The Labute approximate surface area is 120 Å². The van der Waals surface area contributed by atoms with Crippen molar-refractivity contribution in [2.75, 3.05) is 0 Å². The molecule has 2 rings (SSSR count). The van der Waals surface area contributed by atoms with Crippen LogP contribution in [0.1, 0.15) is 51.2 Å². The Morgan fingerprint density at radius 1 is 1.22 bits per heavy atom. The van der Waals surface area contributed by atoms with Gasteiger partial charge in [0.2, 0.25) is 0 Å². The zero-order valence-corrected chi connectivity index (χ0v) is 13.6. The highest BCUT2D eigenvalue weighted by Crippen LogP contribution is 2.45. The van der Waals surface area contributed by atoms with Crippen LogP contribution in [0.5, 0.6) is 0 Å². The molecule has 1 aromatic rings. The van der Waals surface area contributed by atoms with Gasteiger partial charge in [0.15, 0.2) is 0 Å². The van der Waals surface area contributed by atoms with Gasteiger partial charge < -0.3 is 0 Å². The highest BCUT2D eigenvalue weighted by molar-refractivity contribution is 9.09. The third-order valence-electron chi connectivity index (χ3n) is 4.72. The number of rotatable bonds is 2. The molecule has 0 radical (unpaired) electrons. The van der Waals surface area contributed by atoms with Crippen LogP contribution in [0.4, 0.5) is 0 Å². The average molecular weight is 309 g/mol. The van der Waals surface area contributed by atoms with Crippen LogP contribution in [0.15, 0.2) is 24.3 Å². The fraction of sp³-hybridized carbons (Fsp3) is 0.647. The van der Waals surface area contributed by atoms with Crippen molar-refractivity contribution in [1.82, 2.24) is 0 Å². The third-order valence-corrected chi connectivity index (χ3v) is 5.74. The fourth-order valence-corrected chi connectivity index (χ4v) is 4.95. The van der Waals surface area contributed by atoms with Crippen molar-refractivity contribution in [1.29, 1.82) is 0 Å². The Bertz CT molecular complexity index is 408. The van der Waals surface area contributed by atoms with Crippen LogP contribution in [0.2, 0.25) is 0 Å². The summed E-state index contributed by atoms with van der Waals surface area (Å²) in [6.07, 6.45) is 4.04. The molecule has 1 fully saturated rings. The quantitative estimate of drug-likeness (QED) is 0.635. The SMILES string of the molecule is Cc1cccc(C(C)(C)C2CCC(C)CC2Br)c1. The predicted molar refractivity (Wildman–Crippen MR) is 83.4 cm³/mol. The van der Waals surface area contributed by atoms with Crippen LogP contribution in [-0.2, 0) is 5.41 Å². The molecule has 0 amide bonds. The third kappa shape index (κ3) is 2.82. The van der Waals surface area contributed by atoms with Gasteiger partial charge in [-0.2, -0.15) is 0 Å². The number of benzene rings is 1. The van der Waals surface area contributed by atoms with Crippen LogP contribution < -0.4 is 0 Å². The van der Waals surface area contributed by atoms with Crippen molar-refractivity contribution >= 4 is 15.9 Å². The average Bonchev–Trinajstić information content (AvgIpc) is 2.28. The lowest BCUT2D eigenvalue weighted by atomic mass is 9.66. The first kappa shape index (κ1) is 14.1. The molecule has 100 valence electrons. The van der Waals surface area contributed by atoms with Crippen LogP contribution in [0, 0.1) is 18.8 Å². The van der Waals surface area contributed by atoms with Gasteiger partial charge in [-0.15, -0.1) is 0 Å². The second-order valence-electron chi connectivity index (χ2n) is 6.63. The van der Waals surface area contributed by atoms with E-state index in [-0.39, 0.29) is 5.41 Å². The molecule has 1 aliphatic carbocycles. The maximum absolute atomic E-state index is 3.95. The van der Waals surface area contributed by atoms with Gasteiger partial charge in [-0.25, -0.2) is 0 Å². The van der Waals surface area contributed by atoms with Gasteiger partial charge >= 0.3 is 0 Å². The lowest BCUT2D eigenvalue weighted by Gasteiger charge is -2.42. The summed E-state index contributed by atoms with van der Waals surface area (Å²) >= 11 is 3.95. The van der Waals surface area contributed by atoms with Crippen molar-refractivity contribution in [2.24, 2.45) is 11.8 Å². The van der Waals surface area contributed by atoms with Crippen molar-refractivity contribution in [3.8, 4) is 0 Å². The van der Waals surface area contributed by atoms with Crippen molar-refractivity contribution in [2.45, 2.75) is 57.2 Å². The largest absolute Gasteiger partial charge is 0.0887 e. The molecule has 0 aliphatic heterocycles. The van der Waals surface area contributed by atoms with E-state index in [4.69, 9.17) is 0 Å². The summed E-state index contributed by atoms with van der Waals surface area (Å²) in [5.74, 6) is 1.62. The monoisotopic (exact) mass is 308 g/mol. The fourth-order valence-electron chi connectivity index (χ4n) is 3.38. The van der Waals surface area contributed by atoms with E-state index in [0.29, 0.717) is 4.83 Å². The summed E-state index contributed by atoms with van der Waals surface area (Å²) in [7, 11) is 0. The summed E-state index contributed by atoms with van der Waals surface area (Å²) in [5.41, 5.74) is 3.13. The molecule has 3 atom stereocenters. The van der Waals surface area contributed by atoms with Gasteiger partial charge in [0.25, 0.3) is 0 Å². The maximum Gasteiger partial charge on any atom is 0.0184 e. The van der Waals surface area contributed by atoms with E-state index in [1.807, 2.05) is 0 Å². The van der Waals surface area contributed by atoms with Crippen molar-refractivity contribution in [3.05, 3.63) is 35.4 Å². The zero-order chi connectivity index (χ0) is 13.3. The van der Waals surface area contributed by atoms with E-state index >= 15 is 0 Å². The molecule has 18 heavy (non-hydrogen) atoms. The van der Waals surface area contributed by atoms with Crippen molar-refractivity contribution in [3.63, 3.8) is 0 Å². The van der Waals surface area contributed by atoms with Crippen molar-refractivity contribution < 1.29 is 0 Å². The lowest BCUT2D eigenvalue weighted by molar-refractivity contribution is 0.214. The molecule has 0 spiro atoms. The Kier molecular flexibility index (Phi) is 4.21. The zero-order valence-electron chi connectivity index (χ0n) is 12.0. The minimum Gasteiger partial charge on any atom is -0.0887 e. The van der Waals surface area contributed by atoms with Gasteiger partial charge in [-0.3, -0.25) is 0 Å². The number of alkyl halides is 1. The molecule has 3 unspecified atom stereocenters. The normalized spacial score (nSPS) is 29.3. The van der Waals surface area contributed by atoms with E-state index in [1.165, 1.54) is 30.4 Å². The highest BCUT2D eigenvalue weighted by atomic mass is 79.9. The smallest absolute Gasteiger partial charge is 0.0184 e. The van der Waals surface area contributed by atoms with E-state index in [2.05, 4.69) is 67.9 Å². The lowest BCUT2D eigenvalue weighted by Crippen LogP contribution is -2.38. The Balaban J connectivity index is 2.25. The molecule has 1 heteroatoms. The van der Waals surface area contributed by atoms with Crippen LogP contribution in [0.25, 0.3) is 0 Å². The summed E-state index contributed by atoms with van der Waals surface area (Å²) in [6.45, 7) is 9.39. The summed E-state index contributed by atoms with van der Waals surface area (Å²) in [5, 5.41) is 0. The second-order valence-corrected chi connectivity index (χ2v) is 7.81. The standard InChI is InChI=1S/C17H25Br/c1-12-6-5-7-14(10-12)17(3,4)15-9-8-13(2)11-16(15)18/h5-7,10,13,15-16H,8-9,11H2,1-4H3. The molecule has 0 heterocycles. The Morgan fingerprint density at radius 2 is 1.94 bits per heavy atom. The van der Waals surface area contributed by atoms with Crippen LogP contribution in [0.3, 0.4) is 0 Å².